The summed E-state index contributed by atoms with van der Waals surface area (Å²) in [6, 6.07) is 7.22. The summed E-state index contributed by atoms with van der Waals surface area (Å²) in [7, 11) is 1.63. The van der Waals surface area contributed by atoms with E-state index in [1.165, 1.54) is 4.90 Å². The van der Waals surface area contributed by atoms with Gasteiger partial charge in [0, 0.05) is 13.6 Å². The summed E-state index contributed by atoms with van der Waals surface area (Å²) in [5, 5.41) is 2.79. The predicted octanol–water partition coefficient (Wildman–Crippen LogP) is 2.00. The Kier molecular flexibility index (Phi) is 6.43. The maximum Gasteiger partial charge on any atom is 0.326 e. The van der Waals surface area contributed by atoms with Gasteiger partial charge in [0.2, 0.25) is 0 Å². The molecule has 2 fully saturated rings. The molecule has 0 radical (unpaired) electrons. The zero-order chi connectivity index (χ0) is 21.9. The van der Waals surface area contributed by atoms with Gasteiger partial charge in [-0.25, -0.2) is 4.79 Å². The molecule has 2 atom stereocenters. The fraction of sp³-hybridized carbons (Fsp3) is 0.545. The predicted molar refractivity (Wildman–Crippen MR) is 109 cm³/mol. The molecule has 0 aromatic heterocycles. The van der Waals surface area contributed by atoms with Gasteiger partial charge in [-0.05, 0) is 31.2 Å². The van der Waals surface area contributed by atoms with Crippen LogP contribution in [0.1, 0.15) is 43.7 Å². The zero-order valence-corrected chi connectivity index (χ0v) is 17.8. The van der Waals surface area contributed by atoms with Crippen LogP contribution in [0.25, 0.3) is 0 Å². The van der Waals surface area contributed by atoms with Crippen LogP contribution in [0.15, 0.2) is 24.3 Å². The normalized spacial score (nSPS) is 23.4. The first kappa shape index (κ1) is 21.8. The Balaban J connectivity index is 1.50. The third-order valence-corrected chi connectivity index (χ3v) is 6.11. The third kappa shape index (κ3) is 4.47. The molecule has 1 aliphatic carbocycles. The number of ether oxygens (including phenoxy) is 1. The van der Waals surface area contributed by atoms with Gasteiger partial charge in [0.25, 0.3) is 11.8 Å². The lowest BCUT2D eigenvalue weighted by Crippen LogP contribution is -2.54. The number of carbonyl (C=O) groups is 4. The second-order valence-corrected chi connectivity index (χ2v) is 8.34. The molecule has 1 aliphatic heterocycles. The molecular weight excluding hydrogens is 386 g/mol. The minimum atomic E-state index is -0.917. The number of rotatable bonds is 6. The van der Waals surface area contributed by atoms with Crippen LogP contribution in [-0.4, -0.2) is 59.4 Å². The van der Waals surface area contributed by atoms with Crippen LogP contribution in [0, 0.1) is 12.8 Å². The SMILES string of the molecule is Cc1ccc(CN(C)C(=O)COC(=O)CN2C(=O)N[C@@]3(CCCC[C@@H]3C)C2=O)cc1. The van der Waals surface area contributed by atoms with Crippen molar-refractivity contribution in [3.63, 3.8) is 0 Å². The van der Waals surface area contributed by atoms with Gasteiger partial charge in [-0.1, -0.05) is 49.6 Å². The Hall–Kier alpha value is -2.90. The minimum Gasteiger partial charge on any atom is -0.454 e. The van der Waals surface area contributed by atoms with Crippen molar-refractivity contribution in [2.45, 2.75) is 51.6 Å². The highest BCUT2D eigenvalue weighted by Gasteiger charge is 2.55. The topological polar surface area (TPSA) is 96.0 Å². The van der Waals surface area contributed by atoms with Crippen molar-refractivity contribution in [1.82, 2.24) is 15.1 Å². The van der Waals surface area contributed by atoms with Crippen molar-refractivity contribution in [3.8, 4) is 0 Å². The molecule has 1 N–H and O–H groups in total. The highest BCUT2D eigenvalue weighted by molar-refractivity contribution is 6.09. The van der Waals surface area contributed by atoms with Gasteiger partial charge in [0.05, 0.1) is 0 Å². The lowest BCUT2D eigenvalue weighted by Gasteiger charge is -2.36. The molecule has 1 spiro atoms. The van der Waals surface area contributed by atoms with Gasteiger partial charge < -0.3 is 15.0 Å². The molecule has 1 heterocycles. The smallest absolute Gasteiger partial charge is 0.326 e. The standard InChI is InChI=1S/C22H29N3O5/c1-15-7-9-17(10-8-15)12-24(3)18(26)14-30-19(27)13-25-20(28)22(23-21(25)29)11-5-4-6-16(22)2/h7-10,16H,4-6,11-14H2,1-3H3,(H,23,29)/t16-,22+/m0/s1. The quantitative estimate of drug-likeness (QED) is 0.566. The van der Waals surface area contributed by atoms with Gasteiger partial charge >= 0.3 is 12.0 Å². The maximum absolute atomic E-state index is 12.9. The Labute approximate surface area is 176 Å². The van der Waals surface area contributed by atoms with Gasteiger partial charge in [-0.3, -0.25) is 19.3 Å². The number of hydrogen-bond acceptors (Lipinski definition) is 5. The van der Waals surface area contributed by atoms with Gasteiger partial charge in [0.15, 0.2) is 6.61 Å². The summed E-state index contributed by atoms with van der Waals surface area (Å²) >= 11 is 0. The third-order valence-electron chi connectivity index (χ3n) is 6.11. The zero-order valence-electron chi connectivity index (χ0n) is 17.8. The van der Waals surface area contributed by atoms with E-state index in [-0.39, 0.29) is 17.7 Å². The molecule has 0 unspecified atom stereocenters. The monoisotopic (exact) mass is 415 g/mol. The fourth-order valence-electron chi connectivity index (χ4n) is 4.12. The molecular formula is C22H29N3O5. The molecule has 2 aliphatic rings. The van der Waals surface area contributed by atoms with Crippen LogP contribution in [0.2, 0.25) is 0 Å². The average molecular weight is 415 g/mol. The second kappa shape index (κ2) is 8.85. The summed E-state index contributed by atoms with van der Waals surface area (Å²) in [6.45, 7) is 3.40. The average Bonchev–Trinajstić information content (AvgIpc) is 2.95. The van der Waals surface area contributed by atoms with Crippen LogP contribution in [-0.2, 0) is 25.7 Å². The molecule has 1 saturated carbocycles. The molecule has 8 nitrogen and oxygen atoms in total. The first-order valence-electron chi connectivity index (χ1n) is 10.3. The van der Waals surface area contributed by atoms with E-state index in [0.29, 0.717) is 13.0 Å². The summed E-state index contributed by atoms with van der Waals surface area (Å²) in [5.41, 5.74) is 1.18. The number of likely N-dealkylation sites (N-methyl/N-ethyl adjacent to an activating group) is 1. The Morgan fingerprint density at radius 2 is 1.93 bits per heavy atom. The van der Waals surface area contributed by atoms with Crippen LogP contribution < -0.4 is 5.32 Å². The van der Waals surface area contributed by atoms with Crippen LogP contribution in [0.3, 0.4) is 0 Å². The number of amides is 4. The van der Waals surface area contributed by atoms with Gasteiger partial charge in [-0.2, -0.15) is 0 Å². The van der Waals surface area contributed by atoms with E-state index >= 15 is 0 Å². The van der Waals surface area contributed by atoms with E-state index < -0.39 is 30.7 Å². The Bertz CT molecular complexity index is 838. The highest BCUT2D eigenvalue weighted by Crippen LogP contribution is 2.38. The molecule has 3 rings (SSSR count). The molecule has 30 heavy (non-hydrogen) atoms. The number of urea groups is 1. The van der Waals surface area contributed by atoms with E-state index in [2.05, 4.69) is 5.32 Å². The number of carbonyl (C=O) groups excluding carboxylic acids is 4. The van der Waals surface area contributed by atoms with Crippen LogP contribution in [0.5, 0.6) is 0 Å². The van der Waals surface area contributed by atoms with E-state index in [4.69, 9.17) is 4.74 Å². The fourth-order valence-corrected chi connectivity index (χ4v) is 4.12. The molecule has 1 aromatic carbocycles. The maximum atomic E-state index is 12.9. The molecule has 162 valence electrons. The Morgan fingerprint density at radius 3 is 2.60 bits per heavy atom. The number of benzene rings is 1. The minimum absolute atomic E-state index is 0.0146. The lowest BCUT2D eigenvalue weighted by molar-refractivity contribution is -0.153. The largest absolute Gasteiger partial charge is 0.454 e. The molecule has 8 heteroatoms. The summed E-state index contributed by atoms with van der Waals surface area (Å²) in [5.74, 6) is -1.50. The number of hydrogen-bond donors (Lipinski definition) is 1. The second-order valence-electron chi connectivity index (χ2n) is 8.34. The van der Waals surface area contributed by atoms with Crippen LogP contribution in [0.4, 0.5) is 4.79 Å². The van der Waals surface area contributed by atoms with Gasteiger partial charge in [0.1, 0.15) is 12.1 Å². The summed E-state index contributed by atoms with van der Waals surface area (Å²) in [4.78, 5) is 52.0. The van der Waals surface area contributed by atoms with Crippen molar-refractivity contribution < 1.29 is 23.9 Å². The molecule has 1 aromatic rings. The van der Waals surface area contributed by atoms with Crippen molar-refractivity contribution >= 4 is 23.8 Å². The van der Waals surface area contributed by atoms with E-state index in [1.807, 2.05) is 38.1 Å². The first-order chi connectivity index (χ1) is 14.2. The van der Waals surface area contributed by atoms with E-state index in [0.717, 1.165) is 35.3 Å². The van der Waals surface area contributed by atoms with E-state index in [9.17, 15) is 19.2 Å². The van der Waals surface area contributed by atoms with Crippen molar-refractivity contribution in [2.24, 2.45) is 5.92 Å². The number of aryl methyl sites for hydroxylation is 1. The number of nitrogens with one attached hydrogen (secondary N) is 1. The van der Waals surface area contributed by atoms with Crippen molar-refractivity contribution in [2.75, 3.05) is 20.2 Å². The summed E-state index contributed by atoms with van der Waals surface area (Å²) < 4.78 is 5.04. The lowest BCUT2D eigenvalue weighted by atomic mass is 9.73. The number of imide groups is 1. The van der Waals surface area contributed by atoms with Crippen molar-refractivity contribution in [1.29, 1.82) is 0 Å². The summed E-state index contributed by atoms with van der Waals surface area (Å²) in [6.07, 6.45) is 3.31. The van der Waals surface area contributed by atoms with Gasteiger partial charge in [-0.15, -0.1) is 0 Å². The number of nitrogens with zero attached hydrogens (tertiary/aromatic N) is 2. The highest BCUT2D eigenvalue weighted by atomic mass is 16.5. The molecule has 4 amide bonds. The molecule has 1 saturated heterocycles. The van der Waals surface area contributed by atoms with Crippen molar-refractivity contribution in [3.05, 3.63) is 35.4 Å². The molecule has 0 bridgehead atoms. The Morgan fingerprint density at radius 1 is 1.23 bits per heavy atom. The first-order valence-corrected chi connectivity index (χ1v) is 10.3. The van der Waals surface area contributed by atoms with E-state index in [1.54, 1.807) is 7.05 Å². The number of esters is 1. The van der Waals surface area contributed by atoms with Crippen LogP contribution >= 0.6 is 0 Å².